The summed E-state index contributed by atoms with van der Waals surface area (Å²) < 4.78 is 20.2. The number of terminal acetylenes is 1. The maximum atomic E-state index is 13.5. The number of hydrogen-bond acceptors (Lipinski definition) is 8. The van der Waals surface area contributed by atoms with E-state index in [1.807, 2.05) is 5.92 Å². The van der Waals surface area contributed by atoms with Gasteiger partial charge in [-0.25, -0.2) is 9.37 Å². The number of ether oxygens (including phenoxy) is 1. The van der Waals surface area contributed by atoms with Crippen molar-refractivity contribution in [3.05, 3.63) is 6.33 Å². The van der Waals surface area contributed by atoms with Crippen molar-refractivity contribution in [2.45, 2.75) is 18.4 Å². The molecule has 4 N–H and O–H groups in total. The maximum absolute atomic E-state index is 13.5. The normalized spacial score (nSPS) is 15.0. The van der Waals surface area contributed by atoms with Gasteiger partial charge in [0.25, 0.3) is 0 Å². The second-order valence-corrected chi connectivity index (χ2v) is 5.20. The fourth-order valence-electron chi connectivity index (χ4n) is 2.14. The molecule has 130 valence electrons. The Kier molecular flexibility index (Phi) is 5.50. The molecule has 0 saturated carbocycles. The second kappa shape index (κ2) is 7.39. The minimum atomic E-state index is -1.38. The van der Waals surface area contributed by atoms with Crippen molar-refractivity contribution < 1.29 is 19.3 Å². The number of hydrogen-bond donors (Lipinski definition) is 3. The van der Waals surface area contributed by atoms with Crippen LogP contribution in [-0.4, -0.2) is 69.3 Å². The number of nitrogens with zero attached hydrogens (tertiary/aromatic N) is 5. The molecule has 0 spiro atoms. The third-order valence-corrected chi connectivity index (χ3v) is 3.32. The summed E-state index contributed by atoms with van der Waals surface area (Å²) in [6, 6.07) is 0. The van der Waals surface area contributed by atoms with E-state index >= 15 is 0 Å². The van der Waals surface area contributed by atoms with Crippen molar-refractivity contribution in [3.63, 3.8) is 0 Å². The molecule has 10 heteroatoms. The van der Waals surface area contributed by atoms with Gasteiger partial charge in [0.2, 0.25) is 5.95 Å². The summed E-state index contributed by atoms with van der Waals surface area (Å²) in [6.45, 7) is -1.53. The Hall–Kier alpha value is -2.48. The van der Waals surface area contributed by atoms with Gasteiger partial charge in [0.1, 0.15) is 18.9 Å². The average Bonchev–Trinajstić information content (AvgIpc) is 2.98. The number of nitrogen functional groups attached to an aromatic ring is 1. The highest BCUT2D eigenvalue weighted by atomic mass is 19.1. The van der Waals surface area contributed by atoms with Gasteiger partial charge in [-0.3, -0.25) is 4.57 Å². The summed E-state index contributed by atoms with van der Waals surface area (Å²) >= 11 is 0. The first kappa shape index (κ1) is 17.9. The summed E-state index contributed by atoms with van der Waals surface area (Å²) in [7, 11) is 3.52. The number of aliphatic hydroxyl groups excluding tert-OH is 2. The Morgan fingerprint density at radius 3 is 2.75 bits per heavy atom. The van der Waals surface area contributed by atoms with Crippen LogP contribution in [0.25, 0.3) is 11.2 Å². The molecule has 9 nitrogen and oxygen atoms in total. The molecule has 0 aliphatic carbocycles. The van der Waals surface area contributed by atoms with Crippen molar-refractivity contribution >= 4 is 22.9 Å². The van der Waals surface area contributed by atoms with Gasteiger partial charge < -0.3 is 25.6 Å². The summed E-state index contributed by atoms with van der Waals surface area (Å²) in [5, 5.41) is 18.9. The van der Waals surface area contributed by atoms with E-state index in [2.05, 4.69) is 15.0 Å². The number of anilines is 2. The van der Waals surface area contributed by atoms with Crippen molar-refractivity contribution in [1.29, 1.82) is 0 Å². The fraction of sp³-hybridized carbons (Fsp3) is 0.500. The van der Waals surface area contributed by atoms with E-state index in [0.717, 1.165) is 0 Å². The minimum Gasteiger partial charge on any atom is -0.394 e. The summed E-state index contributed by atoms with van der Waals surface area (Å²) in [6.07, 6.45) is 2.70. The van der Waals surface area contributed by atoms with E-state index in [-0.39, 0.29) is 11.6 Å². The number of halogens is 1. The monoisotopic (exact) mass is 338 g/mol. The minimum absolute atomic E-state index is 0.00655. The number of nitrogens with two attached hydrogens (primary N) is 1. The Balaban J connectivity index is 2.44. The number of aromatic nitrogens is 4. The smallest absolute Gasteiger partial charge is 0.224 e. The largest absolute Gasteiger partial charge is 0.394 e. The van der Waals surface area contributed by atoms with E-state index in [4.69, 9.17) is 16.9 Å². The van der Waals surface area contributed by atoms with Gasteiger partial charge in [-0.05, 0) is 0 Å². The van der Waals surface area contributed by atoms with E-state index in [1.54, 1.807) is 19.0 Å². The summed E-state index contributed by atoms with van der Waals surface area (Å²) in [5.74, 6) is 2.49. The molecule has 0 saturated heterocycles. The van der Waals surface area contributed by atoms with E-state index in [9.17, 15) is 14.6 Å². The predicted molar refractivity (Wildman–Crippen MR) is 85.9 cm³/mol. The first-order chi connectivity index (χ1) is 11.4. The van der Waals surface area contributed by atoms with Crippen LogP contribution < -0.4 is 10.6 Å². The number of imidazole rings is 1. The topological polar surface area (TPSA) is 123 Å². The molecule has 24 heavy (non-hydrogen) atoms. The van der Waals surface area contributed by atoms with Gasteiger partial charge in [0.05, 0.1) is 12.9 Å². The number of fused-ring (bicyclic) bond motifs is 1. The molecule has 2 heterocycles. The highest BCUT2D eigenvalue weighted by Gasteiger charge is 2.25. The first-order valence-electron chi connectivity index (χ1n) is 7.06. The lowest BCUT2D eigenvalue weighted by Gasteiger charge is -2.24. The third kappa shape index (κ3) is 3.38. The zero-order valence-electron chi connectivity index (χ0n) is 13.3. The standard InChI is InChI=1S/C14H19FN6O3/c1-4-8(23)9(6-22)24-10(5-15)21-7-17-11-12(20(2)3)18-14(16)19-13(11)21/h1,7-10,22-23H,5-6H2,2-3H3,(H2,16,18,19)/t8-,9+,10+/m0/s1. The third-order valence-electron chi connectivity index (χ3n) is 3.32. The lowest BCUT2D eigenvalue weighted by Crippen LogP contribution is -2.34. The molecule has 3 atom stereocenters. The molecule has 0 aliphatic rings. The molecule has 2 aromatic rings. The van der Waals surface area contributed by atoms with Gasteiger partial charge in [-0.2, -0.15) is 9.97 Å². The molecular weight excluding hydrogens is 319 g/mol. The highest BCUT2D eigenvalue weighted by Crippen LogP contribution is 2.25. The molecule has 0 unspecified atom stereocenters. The van der Waals surface area contributed by atoms with Crippen LogP contribution >= 0.6 is 0 Å². The molecule has 0 aromatic carbocycles. The van der Waals surface area contributed by atoms with Crippen LogP contribution in [0.5, 0.6) is 0 Å². The molecular formula is C14H19FN6O3. The fourth-order valence-corrected chi connectivity index (χ4v) is 2.14. The number of rotatable bonds is 7. The van der Waals surface area contributed by atoms with E-state index in [0.29, 0.717) is 11.3 Å². The lowest BCUT2D eigenvalue weighted by atomic mass is 10.2. The van der Waals surface area contributed by atoms with Crippen LogP contribution in [0.3, 0.4) is 0 Å². The van der Waals surface area contributed by atoms with Crippen molar-refractivity contribution in [1.82, 2.24) is 19.5 Å². The van der Waals surface area contributed by atoms with Gasteiger partial charge in [0, 0.05) is 14.1 Å². The van der Waals surface area contributed by atoms with Gasteiger partial charge in [-0.15, -0.1) is 6.42 Å². The van der Waals surface area contributed by atoms with Crippen molar-refractivity contribution in [2.24, 2.45) is 0 Å². The SMILES string of the molecule is C#C[C@H](O)[C@@H](CO)O[C@H](CF)n1cnc2c(N(C)C)nc(N)nc21. The van der Waals surface area contributed by atoms with Crippen LogP contribution in [0.4, 0.5) is 16.2 Å². The van der Waals surface area contributed by atoms with Crippen molar-refractivity contribution in [2.75, 3.05) is 38.0 Å². The van der Waals surface area contributed by atoms with Gasteiger partial charge in [-0.1, -0.05) is 5.92 Å². The lowest BCUT2D eigenvalue weighted by molar-refractivity contribution is -0.115. The van der Waals surface area contributed by atoms with Crippen LogP contribution in [0.15, 0.2) is 6.33 Å². The maximum Gasteiger partial charge on any atom is 0.224 e. The van der Waals surface area contributed by atoms with Crippen LogP contribution in [0, 0.1) is 12.3 Å². The Bertz CT molecular complexity index is 744. The van der Waals surface area contributed by atoms with Gasteiger partial charge in [0.15, 0.2) is 23.2 Å². The Morgan fingerprint density at radius 2 is 2.21 bits per heavy atom. The van der Waals surface area contributed by atoms with E-state index in [1.165, 1.54) is 10.9 Å². The molecule has 0 amide bonds. The number of alkyl halides is 1. The molecule has 2 rings (SSSR count). The molecule has 0 radical (unpaired) electrons. The molecule has 0 aliphatic heterocycles. The zero-order chi connectivity index (χ0) is 17.9. The Labute approximate surface area is 137 Å². The quantitative estimate of drug-likeness (QED) is 0.567. The van der Waals surface area contributed by atoms with Gasteiger partial charge >= 0.3 is 0 Å². The summed E-state index contributed by atoms with van der Waals surface area (Å²) in [5.41, 5.74) is 6.37. The predicted octanol–water partition coefficient (Wildman–Crippen LogP) is -0.686. The molecule has 0 fully saturated rings. The highest BCUT2D eigenvalue weighted by molar-refractivity contribution is 5.84. The van der Waals surface area contributed by atoms with Crippen LogP contribution in [0.2, 0.25) is 0 Å². The molecule has 0 bridgehead atoms. The second-order valence-electron chi connectivity index (χ2n) is 5.20. The van der Waals surface area contributed by atoms with E-state index < -0.39 is 31.7 Å². The molecule has 2 aromatic heterocycles. The Morgan fingerprint density at radius 1 is 1.50 bits per heavy atom. The van der Waals surface area contributed by atoms with Crippen LogP contribution in [-0.2, 0) is 4.74 Å². The first-order valence-corrected chi connectivity index (χ1v) is 7.06. The summed E-state index contributed by atoms with van der Waals surface area (Å²) in [4.78, 5) is 14.0. The average molecular weight is 338 g/mol. The van der Waals surface area contributed by atoms with Crippen molar-refractivity contribution in [3.8, 4) is 12.3 Å². The zero-order valence-corrected chi connectivity index (χ0v) is 13.3. The number of aliphatic hydroxyl groups is 2. The van der Waals surface area contributed by atoms with Crippen LogP contribution in [0.1, 0.15) is 6.23 Å².